The lowest BCUT2D eigenvalue weighted by Crippen LogP contribution is -2.31. The zero-order valence-corrected chi connectivity index (χ0v) is 12.0. The average Bonchev–Trinajstić information content (AvgIpc) is 2.48. The quantitative estimate of drug-likeness (QED) is 0.791. The van der Waals surface area contributed by atoms with Crippen LogP contribution in [0.2, 0.25) is 0 Å². The number of aromatic nitrogens is 2. The Morgan fingerprint density at radius 1 is 1.18 bits per heavy atom. The number of fused-ring (bicyclic) bond motifs is 1. The van der Waals surface area contributed by atoms with Gasteiger partial charge in [0, 0.05) is 28.5 Å². The third-order valence-electron chi connectivity index (χ3n) is 3.56. The van der Waals surface area contributed by atoms with Gasteiger partial charge in [-0.05, 0) is 24.1 Å². The third kappa shape index (κ3) is 2.83. The second kappa shape index (κ2) is 5.35. The summed E-state index contributed by atoms with van der Waals surface area (Å²) in [6, 6.07) is 3.70. The van der Waals surface area contributed by atoms with Crippen molar-refractivity contribution in [2.75, 3.05) is 5.75 Å². The molecule has 0 fully saturated rings. The van der Waals surface area contributed by atoms with Gasteiger partial charge in [0.2, 0.25) is 0 Å². The van der Waals surface area contributed by atoms with Crippen LogP contribution in [0.4, 0.5) is 13.2 Å². The van der Waals surface area contributed by atoms with Crippen molar-refractivity contribution < 1.29 is 13.2 Å². The Balaban J connectivity index is 1.89. The lowest BCUT2D eigenvalue weighted by atomic mass is 9.96. The molecule has 0 spiro atoms. The molecule has 2 aromatic rings. The molecular formula is C14H11F3N2O2S. The molecule has 1 aliphatic heterocycles. The number of alkyl halides is 3. The zero-order valence-electron chi connectivity index (χ0n) is 11.2. The molecule has 1 unspecified atom stereocenters. The number of hydrogen-bond acceptors (Lipinski definition) is 3. The molecule has 8 heteroatoms. The van der Waals surface area contributed by atoms with Gasteiger partial charge in [0.1, 0.15) is 0 Å². The van der Waals surface area contributed by atoms with E-state index in [0.29, 0.717) is 22.8 Å². The molecule has 3 rings (SSSR count). The fourth-order valence-corrected chi connectivity index (χ4v) is 3.63. The van der Waals surface area contributed by atoms with E-state index in [4.69, 9.17) is 0 Å². The molecule has 0 saturated heterocycles. The standard InChI is InChI=1S/C14H11F3N2O2S/c15-14(16,17)9-2-1-7-3-8(6-22-11(7)4-9)10-5-18-12(20)13(21)19-10/h1-2,4-5,8H,3,6H2,(H,18,20)(H,19,21). The molecule has 1 aromatic carbocycles. The number of rotatable bonds is 1. The summed E-state index contributed by atoms with van der Waals surface area (Å²) in [5.41, 5.74) is -0.707. The van der Waals surface area contributed by atoms with Gasteiger partial charge in [-0.3, -0.25) is 9.59 Å². The van der Waals surface area contributed by atoms with Gasteiger partial charge in [-0.1, -0.05) is 6.07 Å². The highest BCUT2D eigenvalue weighted by atomic mass is 32.2. The van der Waals surface area contributed by atoms with Crippen LogP contribution in [0.15, 0.2) is 38.9 Å². The molecular weight excluding hydrogens is 317 g/mol. The van der Waals surface area contributed by atoms with Gasteiger partial charge >= 0.3 is 17.3 Å². The van der Waals surface area contributed by atoms with Crippen molar-refractivity contribution in [2.45, 2.75) is 23.4 Å². The van der Waals surface area contributed by atoms with Crippen molar-refractivity contribution in [3.05, 3.63) is 61.9 Å². The molecule has 1 atom stereocenters. The van der Waals surface area contributed by atoms with Crippen LogP contribution in [0, 0.1) is 0 Å². The first-order valence-corrected chi connectivity index (χ1v) is 7.48. The normalized spacial score (nSPS) is 18.0. The van der Waals surface area contributed by atoms with E-state index in [-0.39, 0.29) is 5.92 Å². The smallest absolute Gasteiger partial charge is 0.323 e. The Labute approximate surface area is 126 Å². The van der Waals surface area contributed by atoms with Crippen molar-refractivity contribution in [1.29, 1.82) is 0 Å². The van der Waals surface area contributed by atoms with Crippen molar-refractivity contribution >= 4 is 11.8 Å². The minimum Gasteiger partial charge on any atom is -0.323 e. The summed E-state index contributed by atoms with van der Waals surface area (Å²) in [6.07, 6.45) is -2.39. The molecule has 0 amide bonds. The molecule has 2 N–H and O–H groups in total. The summed E-state index contributed by atoms with van der Waals surface area (Å²) < 4.78 is 38.1. The maximum absolute atomic E-state index is 12.7. The summed E-state index contributed by atoms with van der Waals surface area (Å²) >= 11 is 1.32. The first-order valence-electron chi connectivity index (χ1n) is 6.49. The van der Waals surface area contributed by atoms with E-state index in [1.54, 1.807) is 0 Å². The van der Waals surface area contributed by atoms with Crippen LogP contribution in [0.3, 0.4) is 0 Å². The Kier molecular flexibility index (Phi) is 3.64. The summed E-state index contributed by atoms with van der Waals surface area (Å²) in [5, 5.41) is 0. The molecule has 0 radical (unpaired) electrons. The average molecular weight is 328 g/mol. The molecule has 22 heavy (non-hydrogen) atoms. The van der Waals surface area contributed by atoms with E-state index < -0.39 is 22.9 Å². The van der Waals surface area contributed by atoms with Crippen LogP contribution in [-0.2, 0) is 12.6 Å². The van der Waals surface area contributed by atoms with Gasteiger partial charge in [-0.15, -0.1) is 11.8 Å². The minimum absolute atomic E-state index is 0.0567. The molecule has 0 aliphatic carbocycles. The van der Waals surface area contributed by atoms with Gasteiger partial charge in [-0.25, -0.2) is 0 Å². The Hall–Kier alpha value is -1.96. The highest BCUT2D eigenvalue weighted by molar-refractivity contribution is 7.99. The third-order valence-corrected chi connectivity index (χ3v) is 4.82. The Morgan fingerprint density at radius 3 is 2.64 bits per heavy atom. The number of thioether (sulfide) groups is 1. The van der Waals surface area contributed by atoms with Crippen molar-refractivity contribution in [3.63, 3.8) is 0 Å². The first-order chi connectivity index (χ1) is 10.3. The Bertz CT molecular complexity index is 826. The van der Waals surface area contributed by atoms with Gasteiger partial charge in [-0.2, -0.15) is 13.2 Å². The first kappa shape index (κ1) is 15.0. The largest absolute Gasteiger partial charge is 0.416 e. The molecule has 2 heterocycles. The van der Waals surface area contributed by atoms with Crippen LogP contribution < -0.4 is 11.1 Å². The lowest BCUT2D eigenvalue weighted by Gasteiger charge is -2.24. The molecule has 4 nitrogen and oxygen atoms in total. The maximum Gasteiger partial charge on any atom is 0.416 e. The summed E-state index contributed by atoms with van der Waals surface area (Å²) in [7, 11) is 0. The minimum atomic E-state index is -4.35. The summed E-state index contributed by atoms with van der Waals surface area (Å²) in [6.45, 7) is 0. The van der Waals surface area contributed by atoms with Crippen LogP contribution in [0.1, 0.15) is 22.7 Å². The second-order valence-corrected chi connectivity index (χ2v) is 6.12. The maximum atomic E-state index is 12.7. The topological polar surface area (TPSA) is 65.7 Å². The zero-order chi connectivity index (χ0) is 15.9. The second-order valence-electron chi connectivity index (χ2n) is 5.06. The van der Waals surface area contributed by atoms with Gasteiger partial charge in [0.15, 0.2) is 0 Å². The van der Waals surface area contributed by atoms with E-state index >= 15 is 0 Å². The van der Waals surface area contributed by atoms with E-state index in [0.717, 1.165) is 17.7 Å². The van der Waals surface area contributed by atoms with Gasteiger partial charge in [0.25, 0.3) is 0 Å². The van der Waals surface area contributed by atoms with E-state index in [9.17, 15) is 22.8 Å². The van der Waals surface area contributed by atoms with E-state index in [1.807, 2.05) is 0 Å². The highest BCUT2D eigenvalue weighted by Crippen LogP contribution is 2.40. The number of H-pyrrole nitrogens is 2. The lowest BCUT2D eigenvalue weighted by molar-refractivity contribution is -0.137. The van der Waals surface area contributed by atoms with Crippen molar-refractivity contribution in [2.24, 2.45) is 0 Å². The predicted molar refractivity (Wildman–Crippen MR) is 76.3 cm³/mol. The van der Waals surface area contributed by atoms with Crippen molar-refractivity contribution in [1.82, 2.24) is 9.97 Å². The highest BCUT2D eigenvalue weighted by Gasteiger charge is 2.32. The fourth-order valence-electron chi connectivity index (χ4n) is 2.40. The number of hydrogen-bond donors (Lipinski definition) is 2. The fraction of sp³-hybridized carbons (Fsp3) is 0.286. The number of aromatic amines is 2. The van der Waals surface area contributed by atoms with Crippen LogP contribution in [-0.4, -0.2) is 15.7 Å². The van der Waals surface area contributed by atoms with Gasteiger partial charge < -0.3 is 9.97 Å². The SMILES string of the molecule is O=c1[nH]cc(C2CSc3cc(C(F)(F)F)ccc3C2)[nH]c1=O. The van der Waals surface area contributed by atoms with Crippen LogP contribution >= 0.6 is 11.8 Å². The summed E-state index contributed by atoms with van der Waals surface area (Å²) in [4.78, 5) is 27.9. The summed E-state index contributed by atoms with van der Waals surface area (Å²) in [5.74, 6) is 0.481. The predicted octanol–water partition coefficient (Wildman–Crippen LogP) is 2.51. The van der Waals surface area contributed by atoms with Crippen LogP contribution in [0.5, 0.6) is 0 Å². The van der Waals surface area contributed by atoms with E-state index in [2.05, 4.69) is 9.97 Å². The van der Waals surface area contributed by atoms with Crippen molar-refractivity contribution in [3.8, 4) is 0 Å². The van der Waals surface area contributed by atoms with Gasteiger partial charge in [0.05, 0.1) is 5.56 Å². The molecule has 116 valence electrons. The number of nitrogens with one attached hydrogen (secondary N) is 2. The van der Waals surface area contributed by atoms with Crippen LogP contribution in [0.25, 0.3) is 0 Å². The monoisotopic (exact) mass is 328 g/mol. The molecule has 0 saturated carbocycles. The Morgan fingerprint density at radius 2 is 1.95 bits per heavy atom. The molecule has 1 aliphatic rings. The number of halogens is 3. The molecule has 1 aromatic heterocycles. The van der Waals surface area contributed by atoms with E-state index in [1.165, 1.54) is 24.0 Å². The molecule has 0 bridgehead atoms. The number of benzene rings is 1.